The molecule has 1 aliphatic carbocycles. The van der Waals surface area contributed by atoms with E-state index in [-0.39, 0.29) is 5.60 Å². The lowest BCUT2D eigenvalue weighted by molar-refractivity contribution is 0.112. The minimum atomic E-state index is -2.46. The third-order valence-electron chi connectivity index (χ3n) is 3.67. The minimum Gasteiger partial charge on any atom is -0.377 e. The van der Waals surface area contributed by atoms with Crippen LogP contribution in [0.4, 0.5) is 0 Å². The second-order valence-electron chi connectivity index (χ2n) is 4.39. The number of epoxide rings is 1. The lowest BCUT2D eigenvalue weighted by Gasteiger charge is -2.28. The Labute approximate surface area is 92.2 Å². The molecule has 5 heteroatoms. The Morgan fingerprint density at radius 3 is 2.40 bits per heavy atom. The lowest BCUT2D eigenvalue weighted by Crippen LogP contribution is -2.47. The number of hydrogen-bond acceptors (Lipinski definition) is 4. The molecule has 2 atom stereocenters. The van der Waals surface area contributed by atoms with E-state index in [0.29, 0.717) is 6.10 Å². The molecule has 1 saturated carbocycles. The highest BCUT2D eigenvalue weighted by molar-refractivity contribution is 6.61. The van der Waals surface area contributed by atoms with E-state index in [2.05, 4.69) is 0 Å². The quantitative estimate of drug-likeness (QED) is 0.533. The third-order valence-corrected chi connectivity index (χ3v) is 6.57. The van der Waals surface area contributed by atoms with Gasteiger partial charge in [-0.25, -0.2) is 0 Å². The summed E-state index contributed by atoms with van der Waals surface area (Å²) in [5.41, 5.74) is 0.0203. The molecule has 1 saturated heterocycles. The van der Waals surface area contributed by atoms with E-state index in [4.69, 9.17) is 18.0 Å². The highest BCUT2D eigenvalue weighted by Crippen LogP contribution is 2.52. The topological polar surface area (TPSA) is 40.2 Å². The van der Waals surface area contributed by atoms with Gasteiger partial charge in [0.1, 0.15) is 0 Å². The zero-order chi connectivity index (χ0) is 10.9. The molecular weight excluding hydrogens is 212 g/mol. The number of rotatable bonds is 5. The van der Waals surface area contributed by atoms with Crippen molar-refractivity contribution in [3.63, 3.8) is 0 Å². The van der Waals surface area contributed by atoms with Crippen LogP contribution in [-0.4, -0.2) is 41.8 Å². The summed E-state index contributed by atoms with van der Waals surface area (Å²) < 4.78 is 22.2. The number of hydrogen-bond donors (Lipinski definition) is 0. The Bertz CT molecular complexity index is 223. The summed E-state index contributed by atoms with van der Waals surface area (Å²) in [6.07, 6.45) is 5.27. The van der Waals surface area contributed by atoms with E-state index < -0.39 is 8.80 Å². The summed E-state index contributed by atoms with van der Waals surface area (Å²) in [6.45, 7) is 0. The standard InChI is InChI=1S/C10H20O4Si/c1-11-15(12-2,13-3)8-10-7-5-4-6-9(10)14-10/h9H,4-8H2,1-3H3. The molecule has 88 valence electrons. The summed E-state index contributed by atoms with van der Waals surface area (Å²) in [6, 6.07) is 0.800. The molecule has 2 fully saturated rings. The zero-order valence-electron chi connectivity index (χ0n) is 9.75. The van der Waals surface area contributed by atoms with Gasteiger partial charge in [-0.1, -0.05) is 12.8 Å². The Hall–Kier alpha value is 0.0569. The largest absolute Gasteiger partial charge is 0.503 e. The van der Waals surface area contributed by atoms with E-state index in [9.17, 15) is 0 Å². The summed E-state index contributed by atoms with van der Waals surface area (Å²) in [4.78, 5) is 0. The van der Waals surface area contributed by atoms with Crippen LogP contribution in [0.5, 0.6) is 0 Å². The van der Waals surface area contributed by atoms with Gasteiger partial charge in [0.05, 0.1) is 11.7 Å². The molecule has 1 aliphatic heterocycles. The van der Waals surface area contributed by atoms with Gasteiger partial charge in [-0.05, 0) is 12.8 Å². The predicted octanol–water partition coefficient (Wildman–Crippen LogP) is 1.58. The fraction of sp³-hybridized carbons (Fsp3) is 1.00. The van der Waals surface area contributed by atoms with Crippen LogP contribution in [0.1, 0.15) is 25.7 Å². The van der Waals surface area contributed by atoms with Gasteiger partial charge in [-0.15, -0.1) is 0 Å². The molecule has 0 aromatic carbocycles. The maximum Gasteiger partial charge on any atom is 0.503 e. The summed E-state index contributed by atoms with van der Waals surface area (Å²) in [5, 5.41) is 0. The van der Waals surface area contributed by atoms with Crippen molar-refractivity contribution in [3.8, 4) is 0 Å². The molecule has 0 bridgehead atoms. The Kier molecular flexibility index (Phi) is 3.19. The molecule has 0 aromatic heterocycles. The Balaban J connectivity index is 2.00. The van der Waals surface area contributed by atoms with Gasteiger partial charge in [0.25, 0.3) is 0 Å². The fourth-order valence-electron chi connectivity index (χ4n) is 2.62. The summed E-state index contributed by atoms with van der Waals surface area (Å²) in [5.74, 6) is 0. The first-order valence-corrected chi connectivity index (χ1v) is 7.47. The molecule has 2 unspecified atom stereocenters. The van der Waals surface area contributed by atoms with E-state index >= 15 is 0 Å². The number of fused-ring (bicyclic) bond motifs is 1. The predicted molar refractivity (Wildman–Crippen MR) is 57.7 cm³/mol. The van der Waals surface area contributed by atoms with Gasteiger partial charge in [0.15, 0.2) is 0 Å². The van der Waals surface area contributed by atoms with Gasteiger partial charge in [-0.2, -0.15) is 0 Å². The van der Waals surface area contributed by atoms with Crippen molar-refractivity contribution in [1.29, 1.82) is 0 Å². The normalized spacial score (nSPS) is 35.0. The van der Waals surface area contributed by atoms with Gasteiger partial charge in [0.2, 0.25) is 0 Å². The summed E-state index contributed by atoms with van der Waals surface area (Å²) >= 11 is 0. The van der Waals surface area contributed by atoms with E-state index in [1.165, 1.54) is 19.3 Å². The molecule has 2 rings (SSSR count). The Morgan fingerprint density at radius 2 is 1.87 bits per heavy atom. The van der Waals surface area contributed by atoms with Gasteiger partial charge in [-0.3, -0.25) is 0 Å². The molecule has 1 heterocycles. The highest BCUT2D eigenvalue weighted by atomic mass is 28.4. The van der Waals surface area contributed by atoms with Crippen molar-refractivity contribution in [1.82, 2.24) is 0 Å². The second-order valence-corrected chi connectivity index (χ2v) is 7.33. The SMILES string of the molecule is CO[Si](CC12CCCCC1O2)(OC)OC. The smallest absolute Gasteiger partial charge is 0.377 e. The Morgan fingerprint density at radius 1 is 1.20 bits per heavy atom. The van der Waals surface area contributed by atoms with E-state index in [0.717, 1.165) is 12.5 Å². The first kappa shape index (κ1) is 11.5. The molecule has 4 nitrogen and oxygen atoms in total. The van der Waals surface area contributed by atoms with Crippen LogP contribution >= 0.6 is 0 Å². The average Bonchev–Trinajstić information content (AvgIpc) is 3.00. The van der Waals surface area contributed by atoms with Crippen molar-refractivity contribution in [2.24, 2.45) is 0 Å². The van der Waals surface area contributed by atoms with Gasteiger partial charge >= 0.3 is 8.80 Å². The maximum absolute atomic E-state index is 5.82. The molecule has 0 aromatic rings. The highest BCUT2D eigenvalue weighted by Gasteiger charge is 2.63. The maximum atomic E-state index is 5.82. The van der Waals surface area contributed by atoms with Crippen molar-refractivity contribution in [3.05, 3.63) is 0 Å². The monoisotopic (exact) mass is 232 g/mol. The molecule has 2 aliphatic rings. The lowest BCUT2D eigenvalue weighted by atomic mass is 9.91. The first-order chi connectivity index (χ1) is 7.20. The number of ether oxygens (including phenoxy) is 1. The van der Waals surface area contributed by atoms with Crippen LogP contribution in [0, 0.1) is 0 Å². The zero-order valence-corrected chi connectivity index (χ0v) is 10.7. The van der Waals surface area contributed by atoms with Crippen LogP contribution < -0.4 is 0 Å². The van der Waals surface area contributed by atoms with Crippen molar-refractivity contribution in [2.45, 2.75) is 43.4 Å². The third kappa shape index (κ3) is 1.99. The minimum absolute atomic E-state index is 0.0203. The second kappa shape index (κ2) is 4.14. The molecule has 15 heavy (non-hydrogen) atoms. The van der Waals surface area contributed by atoms with Crippen LogP contribution in [0.2, 0.25) is 6.04 Å². The van der Waals surface area contributed by atoms with E-state index in [1.54, 1.807) is 21.3 Å². The average molecular weight is 232 g/mol. The van der Waals surface area contributed by atoms with Gasteiger partial charge < -0.3 is 18.0 Å². The first-order valence-electron chi connectivity index (χ1n) is 5.53. The van der Waals surface area contributed by atoms with Crippen LogP contribution in [0.3, 0.4) is 0 Å². The molecule has 0 amide bonds. The van der Waals surface area contributed by atoms with Crippen molar-refractivity contribution < 1.29 is 18.0 Å². The molecule has 0 radical (unpaired) electrons. The van der Waals surface area contributed by atoms with Crippen LogP contribution in [-0.2, 0) is 18.0 Å². The van der Waals surface area contributed by atoms with Crippen LogP contribution in [0.15, 0.2) is 0 Å². The van der Waals surface area contributed by atoms with E-state index in [1.807, 2.05) is 0 Å². The van der Waals surface area contributed by atoms with Gasteiger partial charge in [0, 0.05) is 27.4 Å². The van der Waals surface area contributed by atoms with Crippen molar-refractivity contribution in [2.75, 3.05) is 21.3 Å². The molecular formula is C10H20O4Si. The molecule has 0 N–H and O–H groups in total. The summed E-state index contributed by atoms with van der Waals surface area (Å²) in [7, 11) is 2.53. The van der Waals surface area contributed by atoms with Crippen LogP contribution in [0.25, 0.3) is 0 Å². The molecule has 0 spiro atoms. The van der Waals surface area contributed by atoms with Crippen molar-refractivity contribution >= 4 is 8.80 Å². The fourth-order valence-corrected chi connectivity index (χ4v) is 4.78.